The molecule has 0 aromatic heterocycles. The van der Waals surface area contributed by atoms with Gasteiger partial charge in [-0.2, -0.15) is 0 Å². The first-order valence-electron chi connectivity index (χ1n) is 8.52. The van der Waals surface area contributed by atoms with Crippen LogP contribution < -0.4 is 10.6 Å². The topological polar surface area (TPSA) is 61.4 Å². The zero-order valence-electron chi connectivity index (χ0n) is 15.4. The molecular formula is C20H25N3O2S. The Morgan fingerprint density at radius 1 is 1.00 bits per heavy atom. The van der Waals surface area contributed by atoms with Crippen molar-refractivity contribution in [2.75, 3.05) is 37.0 Å². The van der Waals surface area contributed by atoms with E-state index in [0.717, 1.165) is 28.3 Å². The number of amides is 2. The fraction of sp³-hybridized carbons (Fsp3) is 0.300. The van der Waals surface area contributed by atoms with E-state index in [2.05, 4.69) is 10.6 Å². The molecule has 0 aliphatic rings. The van der Waals surface area contributed by atoms with Gasteiger partial charge in [0.25, 0.3) is 0 Å². The second-order valence-corrected chi connectivity index (χ2v) is 6.89. The SMILES string of the molecule is CCc1ccccc1NC(=O)CN(C)CC(=O)Nc1cccc(SC)c1. The van der Waals surface area contributed by atoms with Crippen molar-refractivity contribution in [2.24, 2.45) is 0 Å². The van der Waals surface area contributed by atoms with Crippen molar-refractivity contribution in [2.45, 2.75) is 18.2 Å². The van der Waals surface area contributed by atoms with Gasteiger partial charge in [0.2, 0.25) is 11.8 Å². The molecule has 0 unspecified atom stereocenters. The fourth-order valence-corrected chi connectivity index (χ4v) is 3.05. The highest BCUT2D eigenvalue weighted by Crippen LogP contribution is 2.19. The van der Waals surface area contributed by atoms with Gasteiger partial charge < -0.3 is 10.6 Å². The molecule has 0 bridgehead atoms. The molecule has 2 amide bonds. The molecule has 138 valence electrons. The van der Waals surface area contributed by atoms with Gasteiger partial charge in [0.1, 0.15) is 0 Å². The number of nitrogens with zero attached hydrogens (tertiary/aromatic N) is 1. The minimum Gasteiger partial charge on any atom is -0.325 e. The van der Waals surface area contributed by atoms with Gasteiger partial charge in [-0.3, -0.25) is 14.5 Å². The highest BCUT2D eigenvalue weighted by Gasteiger charge is 2.12. The Hall–Kier alpha value is -2.31. The van der Waals surface area contributed by atoms with Crippen LogP contribution in [0.1, 0.15) is 12.5 Å². The van der Waals surface area contributed by atoms with Crippen LogP contribution in [0.15, 0.2) is 53.4 Å². The van der Waals surface area contributed by atoms with E-state index in [1.54, 1.807) is 23.7 Å². The molecule has 0 aliphatic carbocycles. The number of para-hydroxylation sites is 1. The van der Waals surface area contributed by atoms with Crippen molar-refractivity contribution in [1.82, 2.24) is 4.90 Å². The average molecular weight is 372 g/mol. The number of aryl methyl sites for hydroxylation is 1. The molecule has 2 rings (SSSR count). The number of benzene rings is 2. The Bertz CT molecular complexity index is 764. The largest absolute Gasteiger partial charge is 0.325 e. The van der Waals surface area contributed by atoms with Crippen LogP contribution in [-0.4, -0.2) is 43.1 Å². The number of anilines is 2. The Morgan fingerprint density at radius 2 is 1.69 bits per heavy atom. The molecule has 0 atom stereocenters. The molecule has 0 aliphatic heterocycles. The number of nitrogens with one attached hydrogen (secondary N) is 2. The van der Waals surface area contributed by atoms with Crippen LogP contribution in [0, 0.1) is 0 Å². The number of hydrogen-bond acceptors (Lipinski definition) is 4. The maximum atomic E-state index is 12.2. The van der Waals surface area contributed by atoms with Crippen molar-refractivity contribution < 1.29 is 9.59 Å². The molecule has 2 N–H and O–H groups in total. The van der Waals surface area contributed by atoms with Gasteiger partial charge in [0.05, 0.1) is 13.1 Å². The Kier molecular flexibility index (Phi) is 7.69. The van der Waals surface area contributed by atoms with Crippen LogP contribution in [-0.2, 0) is 16.0 Å². The van der Waals surface area contributed by atoms with Gasteiger partial charge in [-0.15, -0.1) is 11.8 Å². The highest BCUT2D eigenvalue weighted by atomic mass is 32.2. The monoisotopic (exact) mass is 371 g/mol. The van der Waals surface area contributed by atoms with E-state index in [-0.39, 0.29) is 24.9 Å². The highest BCUT2D eigenvalue weighted by molar-refractivity contribution is 7.98. The maximum Gasteiger partial charge on any atom is 0.238 e. The Morgan fingerprint density at radius 3 is 2.38 bits per heavy atom. The lowest BCUT2D eigenvalue weighted by Crippen LogP contribution is -2.36. The molecule has 0 saturated heterocycles. The van der Waals surface area contributed by atoms with Crippen molar-refractivity contribution in [1.29, 1.82) is 0 Å². The molecule has 2 aromatic rings. The van der Waals surface area contributed by atoms with Gasteiger partial charge in [-0.05, 0) is 49.6 Å². The number of rotatable bonds is 8. The van der Waals surface area contributed by atoms with Gasteiger partial charge in [0.15, 0.2) is 0 Å². The normalized spacial score (nSPS) is 10.6. The van der Waals surface area contributed by atoms with Gasteiger partial charge in [0, 0.05) is 16.3 Å². The van der Waals surface area contributed by atoms with Crippen molar-refractivity contribution >= 4 is 35.0 Å². The summed E-state index contributed by atoms with van der Waals surface area (Å²) in [6, 6.07) is 15.4. The van der Waals surface area contributed by atoms with Gasteiger partial charge >= 0.3 is 0 Å². The summed E-state index contributed by atoms with van der Waals surface area (Å²) in [6.45, 7) is 2.34. The molecule has 0 heterocycles. The quantitative estimate of drug-likeness (QED) is 0.698. The van der Waals surface area contributed by atoms with Gasteiger partial charge in [-0.25, -0.2) is 0 Å². The minimum absolute atomic E-state index is 0.134. The zero-order chi connectivity index (χ0) is 18.9. The van der Waals surface area contributed by atoms with E-state index in [9.17, 15) is 9.59 Å². The second kappa shape index (κ2) is 9.99. The van der Waals surface area contributed by atoms with E-state index in [0.29, 0.717) is 0 Å². The molecule has 5 nitrogen and oxygen atoms in total. The number of carbonyl (C=O) groups is 2. The first kappa shape index (κ1) is 20.0. The summed E-state index contributed by atoms with van der Waals surface area (Å²) >= 11 is 1.62. The minimum atomic E-state index is -0.146. The summed E-state index contributed by atoms with van der Waals surface area (Å²) in [5, 5.41) is 5.78. The molecule has 26 heavy (non-hydrogen) atoms. The first-order chi connectivity index (χ1) is 12.5. The number of carbonyl (C=O) groups excluding carboxylic acids is 2. The molecular weight excluding hydrogens is 346 g/mol. The van der Waals surface area contributed by atoms with E-state index >= 15 is 0 Å². The Labute approximate surface area is 159 Å². The van der Waals surface area contributed by atoms with E-state index < -0.39 is 0 Å². The summed E-state index contributed by atoms with van der Waals surface area (Å²) in [4.78, 5) is 27.2. The van der Waals surface area contributed by atoms with Gasteiger partial charge in [-0.1, -0.05) is 31.2 Å². The predicted octanol–water partition coefficient (Wildman–Crippen LogP) is 3.48. The summed E-state index contributed by atoms with van der Waals surface area (Å²) in [7, 11) is 1.75. The summed E-state index contributed by atoms with van der Waals surface area (Å²) in [6.07, 6.45) is 2.84. The van der Waals surface area contributed by atoms with E-state index in [1.165, 1.54) is 0 Å². The van der Waals surface area contributed by atoms with Crippen LogP contribution >= 0.6 is 11.8 Å². The average Bonchev–Trinajstić information content (AvgIpc) is 2.61. The third-order valence-electron chi connectivity index (χ3n) is 3.85. The van der Waals surface area contributed by atoms with Crippen LogP contribution in [0.2, 0.25) is 0 Å². The first-order valence-corrected chi connectivity index (χ1v) is 9.74. The molecule has 2 aromatic carbocycles. The molecule has 0 radical (unpaired) electrons. The Balaban J connectivity index is 1.84. The molecule has 0 saturated carbocycles. The molecule has 0 spiro atoms. The molecule has 0 fully saturated rings. The fourth-order valence-electron chi connectivity index (χ4n) is 2.59. The standard InChI is InChI=1S/C20H25N3O2S/c1-4-15-8-5-6-11-18(15)22-20(25)14-23(2)13-19(24)21-16-9-7-10-17(12-16)26-3/h5-12H,4,13-14H2,1-3H3,(H,21,24)(H,22,25). The van der Waals surface area contributed by atoms with E-state index in [4.69, 9.17) is 0 Å². The van der Waals surface area contributed by atoms with Crippen LogP contribution in [0.25, 0.3) is 0 Å². The van der Waals surface area contributed by atoms with Crippen molar-refractivity contribution in [3.63, 3.8) is 0 Å². The lowest BCUT2D eigenvalue weighted by Gasteiger charge is -2.17. The summed E-state index contributed by atoms with van der Waals surface area (Å²) in [5.41, 5.74) is 2.68. The van der Waals surface area contributed by atoms with Crippen LogP contribution in [0.4, 0.5) is 11.4 Å². The van der Waals surface area contributed by atoms with Crippen LogP contribution in [0.3, 0.4) is 0 Å². The summed E-state index contributed by atoms with van der Waals surface area (Å²) < 4.78 is 0. The van der Waals surface area contributed by atoms with Crippen molar-refractivity contribution in [3.8, 4) is 0 Å². The number of thioether (sulfide) groups is 1. The maximum absolute atomic E-state index is 12.2. The third kappa shape index (κ3) is 6.20. The number of likely N-dealkylation sites (N-methyl/N-ethyl adjacent to an activating group) is 1. The summed E-state index contributed by atoms with van der Waals surface area (Å²) in [5.74, 6) is -0.280. The van der Waals surface area contributed by atoms with Crippen molar-refractivity contribution in [3.05, 3.63) is 54.1 Å². The second-order valence-electron chi connectivity index (χ2n) is 6.01. The number of hydrogen-bond donors (Lipinski definition) is 2. The lowest BCUT2D eigenvalue weighted by atomic mass is 10.1. The van der Waals surface area contributed by atoms with Crippen LogP contribution in [0.5, 0.6) is 0 Å². The zero-order valence-corrected chi connectivity index (χ0v) is 16.2. The lowest BCUT2D eigenvalue weighted by molar-refractivity contribution is -0.119. The van der Waals surface area contributed by atoms with E-state index in [1.807, 2.05) is 61.7 Å². The molecule has 6 heteroatoms. The smallest absolute Gasteiger partial charge is 0.238 e. The predicted molar refractivity (Wildman–Crippen MR) is 109 cm³/mol. The third-order valence-corrected chi connectivity index (χ3v) is 4.58.